The van der Waals surface area contributed by atoms with Gasteiger partial charge in [0.15, 0.2) is 23.2 Å². The number of alkyl halides is 12. The van der Waals surface area contributed by atoms with E-state index in [2.05, 4.69) is 20.8 Å². The number of rotatable bonds is 2. The van der Waals surface area contributed by atoms with E-state index in [1.165, 1.54) is 6.07 Å². The van der Waals surface area contributed by atoms with Crippen LogP contribution < -0.4 is 10.6 Å². The van der Waals surface area contributed by atoms with Gasteiger partial charge in [-0.15, -0.1) is 0 Å². The quantitative estimate of drug-likeness (QED) is 0.149. The van der Waals surface area contributed by atoms with Crippen LogP contribution in [0.3, 0.4) is 0 Å². The van der Waals surface area contributed by atoms with E-state index in [0.29, 0.717) is 12.1 Å². The maximum Gasteiger partial charge on any atom is 0.433 e. The first kappa shape index (κ1) is 43.5. The molecular weight excluding hydrogens is 843 g/mol. The molecule has 2 unspecified atom stereocenters. The Balaban J connectivity index is 0.000000184. The number of fused-ring (bicyclic) bond motifs is 2. The van der Waals surface area contributed by atoms with Crippen LogP contribution in [0.2, 0.25) is 0 Å². The number of benzene rings is 2. The third-order valence-electron chi connectivity index (χ3n) is 10.9. The highest BCUT2D eigenvalue weighted by atomic mass is 19.4. The molecule has 4 aromatic rings. The largest absolute Gasteiger partial charge is 0.433 e. The van der Waals surface area contributed by atoms with Crippen molar-refractivity contribution in [3.63, 3.8) is 0 Å². The summed E-state index contributed by atoms with van der Waals surface area (Å²) >= 11 is 0. The number of hydrogen-bond acceptors (Lipinski definition) is 6. The summed E-state index contributed by atoms with van der Waals surface area (Å²) in [6.07, 6.45) is -19.2. The van der Waals surface area contributed by atoms with E-state index >= 15 is 0 Å². The summed E-state index contributed by atoms with van der Waals surface area (Å²) < 4.78 is 178. The molecule has 4 aliphatic rings. The number of ketones is 2. The van der Waals surface area contributed by atoms with Crippen LogP contribution in [-0.4, -0.2) is 32.0 Å². The number of allylic oxidation sites excluding steroid dienone is 4. The van der Waals surface area contributed by atoms with Gasteiger partial charge in [-0.1, -0.05) is 52.0 Å². The van der Waals surface area contributed by atoms with Crippen molar-refractivity contribution in [2.45, 2.75) is 89.9 Å². The fourth-order valence-electron chi connectivity index (χ4n) is 8.68. The zero-order chi connectivity index (χ0) is 45.0. The molecule has 0 saturated carbocycles. The molecule has 21 heteroatoms. The van der Waals surface area contributed by atoms with Crippen molar-refractivity contribution < 1.29 is 66.7 Å². The van der Waals surface area contributed by atoms with Gasteiger partial charge in [0.1, 0.15) is 17.2 Å². The molecule has 0 saturated heterocycles. The molecule has 2 aromatic heterocycles. The Kier molecular flexibility index (Phi) is 10.1. The lowest BCUT2D eigenvalue weighted by Gasteiger charge is -2.38. The number of hydrogen-bond donors (Lipinski definition) is 4. The van der Waals surface area contributed by atoms with Crippen molar-refractivity contribution in [2.75, 3.05) is 10.6 Å². The van der Waals surface area contributed by atoms with Gasteiger partial charge in [0.2, 0.25) is 0 Å². The van der Waals surface area contributed by atoms with E-state index in [0.717, 1.165) is 30.3 Å². The Hall–Kier alpha value is -5.63. The van der Waals surface area contributed by atoms with Crippen molar-refractivity contribution >= 4 is 23.2 Å². The Morgan fingerprint density at radius 1 is 0.557 bits per heavy atom. The lowest BCUT2D eigenvalue weighted by Crippen LogP contribution is -2.34. The first-order valence-corrected chi connectivity index (χ1v) is 18.4. The molecule has 326 valence electrons. The van der Waals surface area contributed by atoms with Crippen molar-refractivity contribution in [3.8, 4) is 0 Å². The van der Waals surface area contributed by atoms with Crippen LogP contribution >= 0.6 is 0 Å². The van der Waals surface area contributed by atoms with Gasteiger partial charge in [-0.25, -0.2) is 4.39 Å². The summed E-state index contributed by atoms with van der Waals surface area (Å²) in [6.45, 7) is 7.17. The van der Waals surface area contributed by atoms with E-state index in [4.69, 9.17) is 0 Å². The minimum atomic E-state index is -5.05. The van der Waals surface area contributed by atoms with Gasteiger partial charge >= 0.3 is 24.7 Å². The molecule has 0 radical (unpaired) electrons. The summed E-state index contributed by atoms with van der Waals surface area (Å²) in [5.41, 5.74) is -8.06. The number of H-pyrrole nitrogens is 2. The average Bonchev–Trinajstić information content (AvgIpc) is 3.73. The van der Waals surface area contributed by atoms with E-state index in [-0.39, 0.29) is 53.8 Å². The maximum absolute atomic E-state index is 13.7. The van der Waals surface area contributed by atoms with Gasteiger partial charge in [0.05, 0.1) is 11.1 Å². The topological polar surface area (TPSA) is 116 Å². The lowest BCUT2D eigenvalue weighted by atomic mass is 9.68. The Bertz CT molecular complexity index is 2520. The van der Waals surface area contributed by atoms with E-state index in [9.17, 15) is 66.7 Å². The Labute approximate surface area is 337 Å². The molecule has 0 bridgehead atoms. The summed E-state index contributed by atoms with van der Waals surface area (Å²) in [7, 11) is 0. The van der Waals surface area contributed by atoms with Crippen LogP contribution in [0.15, 0.2) is 65.0 Å². The molecular formula is C40H33F13N6O2. The number of aromatic nitrogens is 4. The molecule has 61 heavy (non-hydrogen) atoms. The number of carbonyl (C=O) groups is 2. The molecule has 0 amide bonds. The third kappa shape index (κ3) is 8.02. The third-order valence-corrected chi connectivity index (χ3v) is 10.9. The molecule has 2 aliphatic carbocycles. The standard InChI is InChI=1S/C20H16F7N3O.C20H17F6N3O/c1-18(2)6-11-14(12(31)7-18)13(9-4-3-8(21)5-10(9)19(22,23)24)15-16(20(25,26)27)29-30-17(15)28-11;1-18(2)7-11-14(12(30)8-18)13(9-5-3-4-6-10(9)19(21,22)23)15-16(20(24,25)26)28-29-17(15)27-11/h3-5,13H,6-7H2,1-2H3,(H2,28,29,30);3-6,13H,7-8H2,1-2H3,(H2,27,28,29). The van der Waals surface area contributed by atoms with E-state index in [1.54, 1.807) is 13.8 Å². The fraction of sp³-hybridized carbons (Fsp3) is 0.400. The van der Waals surface area contributed by atoms with Gasteiger partial charge in [-0.2, -0.15) is 62.9 Å². The molecule has 8 nitrogen and oxygen atoms in total. The first-order valence-electron chi connectivity index (χ1n) is 18.4. The zero-order valence-electron chi connectivity index (χ0n) is 32.1. The number of halogens is 13. The molecule has 0 spiro atoms. The monoisotopic (exact) mass is 876 g/mol. The molecule has 2 aliphatic heterocycles. The highest BCUT2D eigenvalue weighted by Gasteiger charge is 2.51. The summed E-state index contributed by atoms with van der Waals surface area (Å²) in [4.78, 5) is 26.0. The molecule has 2 aromatic carbocycles. The van der Waals surface area contributed by atoms with Crippen molar-refractivity contribution in [1.82, 2.24) is 20.4 Å². The van der Waals surface area contributed by atoms with Gasteiger partial charge < -0.3 is 10.6 Å². The smallest absolute Gasteiger partial charge is 0.342 e. The van der Waals surface area contributed by atoms with Crippen LogP contribution in [0.5, 0.6) is 0 Å². The van der Waals surface area contributed by atoms with Crippen molar-refractivity contribution in [1.29, 1.82) is 0 Å². The number of aromatic amines is 2. The van der Waals surface area contributed by atoms with E-state index in [1.807, 2.05) is 24.0 Å². The second kappa shape index (κ2) is 14.2. The summed E-state index contributed by atoms with van der Waals surface area (Å²) in [5.74, 6) is -6.00. The predicted molar refractivity (Wildman–Crippen MR) is 191 cm³/mol. The number of carbonyl (C=O) groups excluding carboxylic acids is 2. The summed E-state index contributed by atoms with van der Waals surface area (Å²) in [6, 6.07) is 6.14. The number of nitrogens with one attached hydrogen (secondary N) is 4. The highest BCUT2D eigenvalue weighted by molar-refractivity contribution is 6.02. The first-order chi connectivity index (χ1) is 28.0. The SMILES string of the molecule is CC1(C)CC(=O)C2=C(C1)Nc1n[nH]c(C(F)(F)F)c1C2c1ccc(F)cc1C(F)(F)F.CC1(C)CC(=O)C2=C(C1)Nc1n[nH]c(C(F)(F)F)c1C2c1ccccc1C(F)(F)F. The highest BCUT2D eigenvalue weighted by Crippen LogP contribution is 2.55. The van der Waals surface area contributed by atoms with Crippen molar-refractivity contribution in [3.05, 3.63) is 116 Å². The fourth-order valence-corrected chi connectivity index (χ4v) is 8.68. The Morgan fingerprint density at radius 2 is 0.967 bits per heavy atom. The maximum atomic E-state index is 13.7. The van der Waals surface area contributed by atoms with Gasteiger partial charge in [-0.05, 0) is 53.0 Å². The van der Waals surface area contributed by atoms with Gasteiger partial charge in [-0.3, -0.25) is 19.8 Å². The number of anilines is 2. The second-order valence-corrected chi connectivity index (χ2v) is 16.8. The molecule has 0 fully saturated rings. The lowest BCUT2D eigenvalue weighted by molar-refractivity contribution is -0.143. The Morgan fingerprint density at radius 3 is 1.38 bits per heavy atom. The molecule has 4 N–H and O–H groups in total. The second-order valence-electron chi connectivity index (χ2n) is 16.8. The minimum Gasteiger partial charge on any atom is -0.342 e. The van der Waals surface area contributed by atoms with Gasteiger partial charge in [0, 0.05) is 58.3 Å². The number of Topliss-reactive ketones (excluding diaryl/α,β-unsaturated/α-hetero) is 2. The van der Waals surface area contributed by atoms with Crippen LogP contribution in [0, 0.1) is 16.6 Å². The molecule has 4 heterocycles. The molecule has 8 rings (SSSR count). The van der Waals surface area contributed by atoms with Crippen LogP contribution in [-0.2, 0) is 34.3 Å². The minimum absolute atomic E-state index is 0.0206. The van der Waals surface area contributed by atoms with Gasteiger partial charge in [0.25, 0.3) is 0 Å². The van der Waals surface area contributed by atoms with Crippen molar-refractivity contribution in [2.24, 2.45) is 10.8 Å². The zero-order valence-corrected chi connectivity index (χ0v) is 32.1. The van der Waals surface area contributed by atoms with Crippen LogP contribution in [0.1, 0.15) is 110 Å². The number of nitrogens with zero attached hydrogens (tertiary/aromatic N) is 2. The summed E-state index contributed by atoms with van der Waals surface area (Å²) in [5, 5.41) is 16.5. The van der Waals surface area contributed by atoms with Crippen LogP contribution in [0.4, 0.5) is 68.7 Å². The normalized spacial score (nSPS) is 21.1. The van der Waals surface area contributed by atoms with E-state index < -0.39 is 110 Å². The predicted octanol–water partition coefficient (Wildman–Crippen LogP) is 11.4. The average molecular weight is 877 g/mol. The van der Waals surface area contributed by atoms with Crippen LogP contribution in [0.25, 0.3) is 0 Å². The molecule has 2 atom stereocenters.